The molecule has 4 nitrogen and oxygen atoms in total. The van der Waals surface area contributed by atoms with Crippen molar-refractivity contribution >= 4 is 23.2 Å². The Bertz CT molecular complexity index is 811. The molecule has 1 aliphatic rings. The van der Waals surface area contributed by atoms with Crippen molar-refractivity contribution < 1.29 is 14.3 Å². The molecule has 0 saturated carbocycles. The average molecular weight is 372 g/mol. The molecule has 0 N–H and O–H groups in total. The fourth-order valence-corrected chi connectivity index (χ4v) is 4.30. The van der Waals surface area contributed by atoms with Gasteiger partial charge in [-0.25, -0.2) is 4.79 Å². The molecule has 0 spiro atoms. The Hall–Kier alpha value is -2.14. The van der Waals surface area contributed by atoms with Crippen LogP contribution in [0.25, 0.3) is 0 Å². The zero-order chi connectivity index (χ0) is 18.7. The molecule has 0 fully saturated rings. The molecule has 0 radical (unpaired) electrons. The second-order valence-electron chi connectivity index (χ2n) is 6.77. The quantitative estimate of drug-likeness (QED) is 0.742. The van der Waals surface area contributed by atoms with E-state index in [4.69, 9.17) is 4.74 Å². The van der Waals surface area contributed by atoms with E-state index in [1.54, 1.807) is 11.8 Å². The smallest absolute Gasteiger partial charge is 0.349 e. The molecule has 1 aromatic heterocycles. The molecule has 1 aromatic carbocycles. The molecule has 5 heteroatoms. The number of ether oxygens (including phenoxy) is 1. The number of carbonyl (C=O) groups is 2. The highest BCUT2D eigenvalue weighted by molar-refractivity contribution is 7.14. The van der Waals surface area contributed by atoms with Gasteiger partial charge in [-0.2, -0.15) is 0 Å². The second kappa shape index (κ2) is 8.04. The van der Waals surface area contributed by atoms with Crippen molar-refractivity contribution in [2.75, 3.05) is 6.54 Å². The lowest BCUT2D eigenvalue weighted by atomic mass is 9.99. The van der Waals surface area contributed by atoms with Gasteiger partial charge in [-0.1, -0.05) is 37.6 Å². The fourth-order valence-electron chi connectivity index (χ4n) is 3.35. The van der Waals surface area contributed by atoms with E-state index in [0.29, 0.717) is 18.0 Å². The number of rotatable bonds is 5. The minimum atomic E-state index is -0.773. The maximum absolute atomic E-state index is 12.7. The van der Waals surface area contributed by atoms with Crippen molar-refractivity contribution in [1.29, 1.82) is 0 Å². The predicted octanol–water partition coefficient (Wildman–Crippen LogP) is 4.14. The van der Waals surface area contributed by atoms with E-state index in [9.17, 15) is 9.59 Å². The van der Waals surface area contributed by atoms with Gasteiger partial charge in [-0.15, -0.1) is 11.3 Å². The molecule has 0 saturated heterocycles. The number of nitrogens with zero attached hydrogens (tertiary/aromatic N) is 1. The van der Waals surface area contributed by atoms with Gasteiger partial charge < -0.3 is 9.64 Å². The van der Waals surface area contributed by atoms with E-state index < -0.39 is 12.1 Å². The number of amides is 1. The summed E-state index contributed by atoms with van der Waals surface area (Å²) in [6.45, 7) is 7.04. The topological polar surface area (TPSA) is 46.6 Å². The van der Waals surface area contributed by atoms with E-state index in [1.165, 1.54) is 28.0 Å². The summed E-state index contributed by atoms with van der Waals surface area (Å²) < 4.78 is 5.47. The summed E-state index contributed by atoms with van der Waals surface area (Å²) in [5.41, 5.74) is 3.65. The molecule has 3 rings (SSSR count). The second-order valence-corrected chi connectivity index (χ2v) is 8.02. The zero-order valence-corrected chi connectivity index (χ0v) is 16.4. The van der Waals surface area contributed by atoms with Gasteiger partial charge in [0.1, 0.15) is 4.88 Å². The monoisotopic (exact) mass is 371 g/mol. The summed E-state index contributed by atoms with van der Waals surface area (Å²) in [7, 11) is 0. The normalized spacial score (nSPS) is 14.7. The average Bonchev–Trinajstić information content (AvgIpc) is 3.02. The molecule has 2 aromatic rings. The van der Waals surface area contributed by atoms with Crippen LogP contribution in [-0.4, -0.2) is 29.4 Å². The van der Waals surface area contributed by atoms with Gasteiger partial charge >= 0.3 is 5.97 Å². The third-order valence-electron chi connectivity index (χ3n) is 4.82. The molecule has 138 valence electrons. The Balaban J connectivity index is 1.62. The molecular weight excluding hydrogens is 346 g/mol. The summed E-state index contributed by atoms with van der Waals surface area (Å²) in [6.07, 6.45) is 2.06. The van der Waals surface area contributed by atoms with Gasteiger partial charge in [0, 0.05) is 18.0 Å². The van der Waals surface area contributed by atoms with Crippen LogP contribution in [0.4, 0.5) is 0 Å². The van der Waals surface area contributed by atoms with Crippen molar-refractivity contribution in [3.05, 3.63) is 56.8 Å². The Morgan fingerprint density at radius 3 is 2.73 bits per heavy atom. The molecule has 0 unspecified atom stereocenters. The van der Waals surface area contributed by atoms with Gasteiger partial charge in [0.05, 0.1) is 0 Å². The van der Waals surface area contributed by atoms with Crippen LogP contribution in [0.2, 0.25) is 0 Å². The summed E-state index contributed by atoms with van der Waals surface area (Å²) in [4.78, 5) is 28.6. The number of benzene rings is 1. The number of hydrogen-bond donors (Lipinski definition) is 0. The highest BCUT2D eigenvalue weighted by atomic mass is 32.1. The first-order chi connectivity index (χ1) is 12.5. The standard InChI is InChI=1S/C21H25NO3S/c1-4-7-17-12-19(26-15(17)3)21(24)25-14(2)20(23)22-11-10-16-8-5-6-9-18(16)13-22/h5-6,8-9,12,14H,4,7,10-11,13H2,1-3H3/t14-/m1/s1. The van der Waals surface area contributed by atoms with Crippen LogP contribution < -0.4 is 0 Å². The van der Waals surface area contributed by atoms with E-state index in [1.807, 2.05) is 25.1 Å². The first-order valence-corrected chi connectivity index (χ1v) is 9.97. The summed E-state index contributed by atoms with van der Waals surface area (Å²) in [5.74, 6) is -0.534. The van der Waals surface area contributed by atoms with Gasteiger partial charge in [0.25, 0.3) is 5.91 Å². The number of carbonyl (C=O) groups excluding carboxylic acids is 2. The number of thiophene rings is 1. The predicted molar refractivity (Wildman–Crippen MR) is 103 cm³/mol. The number of hydrogen-bond acceptors (Lipinski definition) is 4. The zero-order valence-electron chi connectivity index (χ0n) is 15.6. The van der Waals surface area contributed by atoms with Gasteiger partial charge in [-0.3, -0.25) is 4.79 Å². The molecule has 0 bridgehead atoms. The summed E-state index contributed by atoms with van der Waals surface area (Å²) >= 11 is 1.44. The minimum absolute atomic E-state index is 0.130. The molecule has 0 aliphatic carbocycles. The maximum Gasteiger partial charge on any atom is 0.349 e. The molecular formula is C21H25NO3S. The number of esters is 1. The Labute approximate surface area is 158 Å². The van der Waals surface area contributed by atoms with Crippen LogP contribution in [0, 0.1) is 6.92 Å². The SMILES string of the molecule is CCCc1cc(C(=O)O[C@H](C)C(=O)N2CCc3ccccc3C2)sc1C. The van der Waals surface area contributed by atoms with Crippen LogP contribution in [0.3, 0.4) is 0 Å². The van der Waals surface area contributed by atoms with Crippen molar-refractivity contribution in [1.82, 2.24) is 4.90 Å². The Morgan fingerprint density at radius 1 is 1.27 bits per heavy atom. The summed E-state index contributed by atoms with van der Waals surface area (Å²) in [6, 6.07) is 10.1. The lowest BCUT2D eigenvalue weighted by molar-refractivity contribution is -0.140. The van der Waals surface area contributed by atoms with E-state index in [2.05, 4.69) is 19.1 Å². The molecule has 1 atom stereocenters. The van der Waals surface area contributed by atoms with Crippen molar-refractivity contribution in [3.63, 3.8) is 0 Å². The van der Waals surface area contributed by atoms with Crippen LogP contribution in [0.15, 0.2) is 30.3 Å². The van der Waals surface area contributed by atoms with E-state index >= 15 is 0 Å². The van der Waals surface area contributed by atoms with Crippen LogP contribution >= 0.6 is 11.3 Å². The van der Waals surface area contributed by atoms with Crippen LogP contribution in [0.1, 0.15) is 51.5 Å². The minimum Gasteiger partial charge on any atom is -0.448 e. The third kappa shape index (κ3) is 3.98. The molecule has 1 aliphatic heterocycles. The van der Waals surface area contributed by atoms with Crippen LogP contribution in [0.5, 0.6) is 0 Å². The van der Waals surface area contributed by atoms with E-state index in [-0.39, 0.29) is 5.91 Å². The van der Waals surface area contributed by atoms with Crippen molar-refractivity contribution in [2.45, 2.75) is 52.7 Å². The maximum atomic E-state index is 12.7. The Morgan fingerprint density at radius 2 is 2.00 bits per heavy atom. The van der Waals surface area contributed by atoms with Crippen molar-refractivity contribution in [3.8, 4) is 0 Å². The van der Waals surface area contributed by atoms with Crippen molar-refractivity contribution in [2.24, 2.45) is 0 Å². The number of aryl methyl sites for hydroxylation is 2. The van der Waals surface area contributed by atoms with Crippen LogP contribution in [-0.2, 0) is 28.9 Å². The van der Waals surface area contributed by atoms with Gasteiger partial charge in [0.2, 0.25) is 0 Å². The first kappa shape index (κ1) is 18.6. The largest absolute Gasteiger partial charge is 0.448 e. The molecule has 1 amide bonds. The van der Waals surface area contributed by atoms with E-state index in [0.717, 1.165) is 24.1 Å². The first-order valence-electron chi connectivity index (χ1n) is 9.15. The highest BCUT2D eigenvalue weighted by Crippen LogP contribution is 2.24. The van der Waals surface area contributed by atoms with Gasteiger partial charge in [-0.05, 0) is 49.4 Å². The lowest BCUT2D eigenvalue weighted by Gasteiger charge is -2.30. The fraction of sp³-hybridized carbons (Fsp3) is 0.429. The Kier molecular flexibility index (Phi) is 5.77. The third-order valence-corrected chi connectivity index (χ3v) is 5.89. The highest BCUT2D eigenvalue weighted by Gasteiger charge is 2.27. The van der Waals surface area contributed by atoms with Gasteiger partial charge in [0.15, 0.2) is 6.10 Å². The lowest BCUT2D eigenvalue weighted by Crippen LogP contribution is -2.42. The summed E-state index contributed by atoms with van der Waals surface area (Å²) in [5, 5.41) is 0. The molecule has 2 heterocycles. The number of fused-ring (bicyclic) bond motifs is 1. The molecule has 26 heavy (non-hydrogen) atoms.